The maximum absolute atomic E-state index is 12.0. The molecule has 0 spiro atoms. The van der Waals surface area contributed by atoms with Crippen LogP contribution in [-0.2, 0) is 10.0 Å². The van der Waals surface area contributed by atoms with E-state index in [0.29, 0.717) is 4.90 Å². The number of sulfonamides is 1. The molecule has 2 saturated heterocycles. The molecule has 1 aromatic carbocycles. The molecule has 0 bridgehead atoms. The summed E-state index contributed by atoms with van der Waals surface area (Å²) >= 11 is 0. The predicted octanol–water partition coefficient (Wildman–Crippen LogP) is 0.593. The Morgan fingerprint density at radius 2 is 1.65 bits per heavy atom. The van der Waals surface area contributed by atoms with Gasteiger partial charge in [-0.2, -0.15) is 0 Å². The van der Waals surface area contributed by atoms with Gasteiger partial charge in [0.2, 0.25) is 10.0 Å². The fourth-order valence-corrected chi connectivity index (χ4v) is 4.01. The topological polar surface area (TPSA) is 52.7 Å². The Morgan fingerprint density at radius 1 is 1.10 bits per heavy atom. The van der Waals surface area contributed by atoms with Crippen molar-refractivity contribution in [2.24, 2.45) is 11.8 Å². The first-order valence-corrected chi connectivity index (χ1v) is 8.41. The van der Waals surface area contributed by atoms with Gasteiger partial charge < -0.3 is 10.2 Å². The van der Waals surface area contributed by atoms with Crippen LogP contribution in [0.15, 0.2) is 29.2 Å². The molecular weight excluding hydrogens is 274 g/mol. The van der Waals surface area contributed by atoms with Gasteiger partial charge in [0.15, 0.2) is 0 Å². The third kappa shape index (κ3) is 2.32. The average Bonchev–Trinajstić information content (AvgIpc) is 2.99. The van der Waals surface area contributed by atoms with Crippen LogP contribution in [0.4, 0.5) is 5.69 Å². The first kappa shape index (κ1) is 13.9. The van der Waals surface area contributed by atoms with Crippen LogP contribution in [0, 0.1) is 11.8 Å². The van der Waals surface area contributed by atoms with Crippen LogP contribution in [0.3, 0.4) is 0 Å². The molecule has 6 heteroatoms. The molecule has 2 aliphatic heterocycles. The lowest BCUT2D eigenvalue weighted by molar-refractivity contribution is 0.521. The molecule has 2 fully saturated rings. The molecule has 2 aliphatic rings. The van der Waals surface area contributed by atoms with E-state index >= 15 is 0 Å². The minimum absolute atomic E-state index is 0.354. The Labute approximate surface area is 120 Å². The zero-order valence-corrected chi connectivity index (χ0v) is 12.7. The van der Waals surface area contributed by atoms with Gasteiger partial charge in [0, 0.05) is 46.0 Å². The van der Waals surface area contributed by atoms with Gasteiger partial charge in [-0.25, -0.2) is 12.7 Å². The zero-order valence-electron chi connectivity index (χ0n) is 11.9. The minimum Gasteiger partial charge on any atom is -0.371 e. The Hall–Kier alpha value is -1.11. The van der Waals surface area contributed by atoms with Crippen molar-refractivity contribution in [2.75, 3.05) is 45.2 Å². The molecule has 2 atom stereocenters. The maximum atomic E-state index is 12.0. The smallest absolute Gasteiger partial charge is 0.242 e. The lowest BCUT2D eigenvalue weighted by Crippen LogP contribution is -2.25. The van der Waals surface area contributed by atoms with Gasteiger partial charge in [0.1, 0.15) is 0 Å². The zero-order chi connectivity index (χ0) is 14.3. The van der Waals surface area contributed by atoms with E-state index in [1.165, 1.54) is 4.31 Å². The Kier molecular flexibility index (Phi) is 3.48. The van der Waals surface area contributed by atoms with Gasteiger partial charge in [0.25, 0.3) is 0 Å². The molecule has 110 valence electrons. The molecule has 0 saturated carbocycles. The lowest BCUT2D eigenvalue weighted by atomic mass is 10.0. The second kappa shape index (κ2) is 5.02. The average molecular weight is 295 g/mol. The van der Waals surface area contributed by atoms with Crippen LogP contribution < -0.4 is 10.2 Å². The summed E-state index contributed by atoms with van der Waals surface area (Å²) in [4.78, 5) is 2.72. The van der Waals surface area contributed by atoms with E-state index in [-0.39, 0.29) is 0 Å². The Bertz CT molecular complexity index is 571. The summed E-state index contributed by atoms with van der Waals surface area (Å²) in [5.74, 6) is 1.47. The van der Waals surface area contributed by atoms with Crippen LogP contribution in [0.5, 0.6) is 0 Å². The third-order valence-corrected chi connectivity index (χ3v) is 6.20. The van der Waals surface area contributed by atoms with Gasteiger partial charge in [0.05, 0.1) is 4.90 Å². The monoisotopic (exact) mass is 295 g/mol. The molecule has 2 heterocycles. The fraction of sp³-hybridized carbons (Fsp3) is 0.571. The van der Waals surface area contributed by atoms with Gasteiger partial charge in [-0.1, -0.05) is 0 Å². The van der Waals surface area contributed by atoms with E-state index in [2.05, 4.69) is 10.2 Å². The van der Waals surface area contributed by atoms with Crippen molar-refractivity contribution in [3.63, 3.8) is 0 Å². The number of nitrogens with one attached hydrogen (secondary N) is 1. The first-order valence-electron chi connectivity index (χ1n) is 6.97. The van der Waals surface area contributed by atoms with E-state index in [1.807, 2.05) is 12.1 Å². The van der Waals surface area contributed by atoms with Crippen LogP contribution in [-0.4, -0.2) is 53.0 Å². The fourth-order valence-electron chi connectivity index (χ4n) is 3.11. The SMILES string of the molecule is CN(C)S(=O)(=O)c1ccc(N2C[C@H]3CNC[C@H]3C2)cc1. The van der Waals surface area contributed by atoms with Crippen molar-refractivity contribution in [3.05, 3.63) is 24.3 Å². The van der Waals surface area contributed by atoms with Gasteiger partial charge in [-0.3, -0.25) is 0 Å². The lowest BCUT2D eigenvalue weighted by Gasteiger charge is -2.20. The number of anilines is 1. The minimum atomic E-state index is -3.33. The van der Waals surface area contributed by atoms with Crippen molar-refractivity contribution >= 4 is 15.7 Å². The second-order valence-electron chi connectivity index (χ2n) is 5.86. The van der Waals surface area contributed by atoms with Gasteiger partial charge in [-0.15, -0.1) is 0 Å². The first-order chi connectivity index (χ1) is 9.48. The summed E-state index contributed by atoms with van der Waals surface area (Å²) < 4.78 is 25.3. The normalized spacial score (nSPS) is 26.2. The highest BCUT2D eigenvalue weighted by Crippen LogP contribution is 2.31. The number of rotatable bonds is 3. The van der Waals surface area contributed by atoms with Gasteiger partial charge >= 0.3 is 0 Å². The molecule has 0 amide bonds. The van der Waals surface area contributed by atoms with E-state index < -0.39 is 10.0 Å². The highest BCUT2D eigenvalue weighted by atomic mass is 32.2. The van der Waals surface area contributed by atoms with Crippen LogP contribution in [0.25, 0.3) is 0 Å². The van der Waals surface area contributed by atoms with E-state index in [0.717, 1.165) is 43.7 Å². The third-order valence-electron chi connectivity index (χ3n) is 4.37. The second-order valence-corrected chi connectivity index (χ2v) is 8.02. The number of hydrogen-bond donors (Lipinski definition) is 1. The summed E-state index contributed by atoms with van der Waals surface area (Å²) in [7, 11) is -0.220. The van der Waals surface area contributed by atoms with Gasteiger partial charge in [-0.05, 0) is 36.1 Å². The highest BCUT2D eigenvalue weighted by Gasteiger charge is 2.36. The van der Waals surface area contributed by atoms with Crippen molar-refractivity contribution in [3.8, 4) is 0 Å². The van der Waals surface area contributed by atoms with Crippen molar-refractivity contribution < 1.29 is 8.42 Å². The summed E-state index contributed by atoms with van der Waals surface area (Å²) in [6, 6.07) is 7.25. The molecule has 0 aromatic heterocycles. The van der Waals surface area contributed by atoms with Crippen molar-refractivity contribution in [1.29, 1.82) is 0 Å². The summed E-state index contributed by atoms with van der Waals surface area (Å²) in [6.45, 7) is 4.34. The quantitative estimate of drug-likeness (QED) is 0.887. The summed E-state index contributed by atoms with van der Waals surface area (Å²) in [5.41, 5.74) is 1.12. The van der Waals surface area contributed by atoms with Crippen LogP contribution in [0.2, 0.25) is 0 Å². The molecule has 1 N–H and O–H groups in total. The van der Waals surface area contributed by atoms with Crippen LogP contribution >= 0.6 is 0 Å². The van der Waals surface area contributed by atoms with E-state index in [1.54, 1.807) is 26.2 Å². The van der Waals surface area contributed by atoms with E-state index in [9.17, 15) is 8.42 Å². The number of benzene rings is 1. The van der Waals surface area contributed by atoms with E-state index in [4.69, 9.17) is 0 Å². The molecule has 3 rings (SSSR count). The largest absolute Gasteiger partial charge is 0.371 e. The highest BCUT2D eigenvalue weighted by molar-refractivity contribution is 7.89. The number of hydrogen-bond acceptors (Lipinski definition) is 4. The van der Waals surface area contributed by atoms with Crippen LogP contribution in [0.1, 0.15) is 0 Å². The molecular formula is C14H21N3O2S. The Morgan fingerprint density at radius 3 is 2.15 bits per heavy atom. The predicted molar refractivity (Wildman–Crippen MR) is 79.4 cm³/mol. The van der Waals surface area contributed by atoms with Crippen molar-refractivity contribution in [2.45, 2.75) is 4.90 Å². The Balaban J connectivity index is 1.77. The number of fused-ring (bicyclic) bond motifs is 1. The number of nitrogens with zero attached hydrogens (tertiary/aromatic N) is 2. The van der Waals surface area contributed by atoms with Crippen molar-refractivity contribution in [1.82, 2.24) is 9.62 Å². The molecule has 0 radical (unpaired) electrons. The molecule has 20 heavy (non-hydrogen) atoms. The molecule has 1 aromatic rings. The molecule has 0 unspecified atom stereocenters. The maximum Gasteiger partial charge on any atom is 0.242 e. The standard InChI is InChI=1S/C14H21N3O2S/c1-16(2)20(18,19)14-5-3-13(4-6-14)17-9-11-7-15-8-12(11)10-17/h3-6,11-12,15H,7-10H2,1-2H3/t11-,12+. The summed E-state index contributed by atoms with van der Waals surface area (Å²) in [6.07, 6.45) is 0. The summed E-state index contributed by atoms with van der Waals surface area (Å²) in [5, 5.41) is 3.43. The molecule has 5 nitrogen and oxygen atoms in total. The molecule has 0 aliphatic carbocycles.